The second-order valence-electron chi connectivity index (χ2n) is 15.5. The van der Waals surface area contributed by atoms with Gasteiger partial charge in [0.05, 0.1) is 29.1 Å². The summed E-state index contributed by atoms with van der Waals surface area (Å²) in [6.07, 6.45) is 8.26. The number of amides is 3. The maximum Gasteiger partial charge on any atom is 0.258 e. The number of β-amino-alcohol motifs (C(OH)–C–C–N with tert-alkyl or cyclic N) is 1. The van der Waals surface area contributed by atoms with Gasteiger partial charge in [0.25, 0.3) is 5.91 Å². The number of nitrogens with zero attached hydrogens (tertiary/aromatic N) is 2. The van der Waals surface area contributed by atoms with Crippen molar-refractivity contribution >= 4 is 27.6 Å². The molecule has 276 valence electrons. The number of sulfone groups is 1. The molecule has 2 fully saturated rings. The lowest BCUT2D eigenvalue weighted by Crippen LogP contribution is -2.64. The van der Waals surface area contributed by atoms with Crippen LogP contribution >= 0.6 is 0 Å². The summed E-state index contributed by atoms with van der Waals surface area (Å²) < 4.78 is 29.7. The summed E-state index contributed by atoms with van der Waals surface area (Å²) in [5.74, 6) is -0.345. The molecule has 2 aliphatic rings. The van der Waals surface area contributed by atoms with E-state index >= 15 is 0 Å². The molecular formula is C37H55N5O7S. The number of piperidine rings is 1. The van der Waals surface area contributed by atoms with Gasteiger partial charge in [0.15, 0.2) is 16.4 Å². The van der Waals surface area contributed by atoms with Crippen molar-refractivity contribution < 1.29 is 32.6 Å². The van der Waals surface area contributed by atoms with Crippen molar-refractivity contribution in [3.63, 3.8) is 0 Å². The Hall–Kier alpha value is -3.55. The van der Waals surface area contributed by atoms with E-state index in [4.69, 9.17) is 4.74 Å². The highest BCUT2D eigenvalue weighted by atomic mass is 32.2. The Labute approximate surface area is 297 Å². The molecule has 0 radical (unpaired) electrons. The van der Waals surface area contributed by atoms with Crippen LogP contribution in [0, 0.1) is 11.8 Å². The van der Waals surface area contributed by atoms with Crippen LogP contribution in [0.15, 0.2) is 54.9 Å². The van der Waals surface area contributed by atoms with Crippen LogP contribution in [0.3, 0.4) is 0 Å². The predicted molar refractivity (Wildman–Crippen MR) is 192 cm³/mol. The van der Waals surface area contributed by atoms with Crippen molar-refractivity contribution in [3.8, 4) is 5.75 Å². The van der Waals surface area contributed by atoms with Gasteiger partial charge >= 0.3 is 0 Å². The molecule has 1 saturated carbocycles. The summed E-state index contributed by atoms with van der Waals surface area (Å²) in [4.78, 5) is 46.8. The van der Waals surface area contributed by atoms with E-state index in [0.29, 0.717) is 30.6 Å². The van der Waals surface area contributed by atoms with Gasteiger partial charge in [-0.25, -0.2) is 8.42 Å². The zero-order valence-corrected chi connectivity index (χ0v) is 31.0. The summed E-state index contributed by atoms with van der Waals surface area (Å²) in [7, 11) is -3.88. The third-order valence-electron chi connectivity index (χ3n) is 10.0. The number of carbonyl (C=O) groups is 3. The number of benzene rings is 1. The van der Waals surface area contributed by atoms with Crippen molar-refractivity contribution in [2.45, 2.75) is 108 Å². The number of nitrogens with one attached hydrogen (secondary N) is 3. The molecule has 12 nitrogen and oxygen atoms in total. The molecule has 6 atom stereocenters. The summed E-state index contributed by atoms with van der Waals surface area (Å²) in [6, 6.07) is 9.79. The fourth-order valence-corrected chi connectivity index (χ4v) is 7.56. The zero-order chi connectivity index (χ0) is 36.7. The van der Waals surface area contributed by atoms with Gasteiger partial charge in [0, 0.05) is 31.1 Å². The number of aliphatic hydroxyl groups excluding tert-OH is 1. The number of fused-ring (bicyclic) bond motifs is 1. The van der Waals surface area contributed by atoms with Crippen LogP contribution in [-0.4, -0.2) is 102 Å². The number of pyridine rings is 1. The van der Waals surface area contributed by atoms with Crippen LogP contribution in [-0.2, 0) is 30.6 Å². The number of aromatic nitrogens is 1. The van der Waals surface area contributed by atoms with E-state index in [-0.39, 0.29) is 18.9 Å². The molecule has 2 heterocycles. The van der Waals surface area contributed by atoms with Crippen LogP contribution in [0.2, 0.25) is 0 Å². The monoisotopic (exact) mass is 713 g/mol. The molecule has 13 heteroatoms. The van der Waals surface area contributed by atoms with Gasteiger partial charge in [-0.3, -0.25) is 24.3 Å². The van der Waals surface area contributed by atoms with Gasteiger partial charge in [-0.1, -0.05) is 49.6 Å². The number of ether oxygens (including phenoxy) is 1. The summed E-state index contributed by atoms with van der Waals surface area (Å²) in [6.45, 7) is 8.90. The van der Waals surface area contributed by atoms with E-state index in [1.165, 1.54) is 20.0 Å². The normalized spacial score (nSPS) is 21.9. The van der Waals surface area contributed by atoms with Gasteiger partial charge in [-0.05, 0) is 83.4 Å². The van der Waals surface area contributed by atoms with E-state index < -0.39 is 62.8 Å². The Morgan fingerprint density at radius 3 is 2.30 bits per heavy atom. The Kier molecular flexibility index (Phi) is 13.1. The van der Waals surface area contributed by atoms with Gasteiger partial charge < -0.3 is 25.8 Å². The van der Waals surface area contributed by atoms with Crippen molar-refractivity contribution in [3.05, 3.63) is 60.4 Å². The van der Waals surface area contributed by atoms with Crippen molar-refractivity contribution in [1.82, 2.24) is 25.8 Å². The van der Waals surface area contributed by atoms with E-state index in [9.17, 15) is 27.9 Å². The SMILES string of the molecule is CC(C)(C)NC(=O)C1CC2CCCCC2CN1CC(O)C(Cc1ccccc1)NC(=O)C(NC(=O)COc1cccnc1)C(C)(C)S(C)(=O)=O. The van der Waals surface area contributed by atoms with Gasteiger partial charge in [0.2, 0.25) is 11.8 Å². The minimum Gasteiger partial charge on any atom is -0.482 e. The maximum absolute atomic E-state index is 14.1. The first-order chi connectivity index (χ1) is 23.4. The van der Waals surface area contributed by atoms with Crippen LogP contribution in [0.5, 0.6) is 5.75 Å². The second kappa shape index (κ2) is 16.6. The number of hydrogen-bond acceptors (Lipinski definition) is 9. The smallest absolute Gasteiger partial charge is 0.258 e. The van der Waals surface area contributed by atoms with Crippen LogP contribution in [0.25, 0.3) is 0 Å². The number of likely N-dealkylation sites (tertiary alicyclic amines) is 1. The standard InChI is InChI=1S/C37H55N5O7S/c1-36(2,3)41-34(45)30-20-26-15-10-11-16-27(26)22-42(30)23-31(43)29(19-25-13-8-7-9-14-25)39-35(46)33(37(4,5)50(6,47)48)40-32(44)24-49-28-17-12-18-38-21-28/h7-9,12-14,17-18,21,26-27,29-31,33,43H,10-11,15-16,19-20,22-24H2,1-6H3,(H,39,46)(H,40,44)(H,41,45). The Morgan fingerprint density at radius 1 is 1.00 bits per heavy atom. The van der Waals surface area contributed by atoms with Crippen molar-refractivity contribution in [2.75, 3.05) is 26.0 Å². The first kappa shape index (κ1) is 39.2. The lowest BCUT2D eigenvalue weighted by atomic mass is 9.72. The number of carbonyl (C=O) groups excluding carboxylic acids is 3. The molecule has 6 unspecified atom stereocenters. The molecule has 3 amide bonds. The zero-order valence-electron chi connectivity index (χ0n) is 30.2. The lowest BCUT2D eigenvalue weighted by molar-refractivity contribution is -0.133. The van der Waals surface area contributed by atoms with Crippen molar-refractivity contribution in [2.24, 2.45) is 11.8 Å². The molecule has 0 spiro atoms. The number of aliphatic hydroxyl groups is 1. The minimum absolute atomic E-state index is 0.0800. The summed E-state index contributed by atoms with van der Waals surface area (Å²) in [5.41, 5.74) is 0.418. The van der Waals surface area contributed by atoms with Crippen LogP contribution < -0.4 is 20.7 Å². The molecule has 4 N–H and O–H groups in total. The molecular weight excluding hydrogens is 659 g/mol. The first-order valence-corrected chi connectivity index (χ1v) is 19.4. The molecule has 2 aromatic rings. The molecule has 0 bridgehead atoms. The highest BCUT2D eigenvalue weighted by molar-refractivity contribution is 7.92. The van der Waals surface area contributed by atoms with E-state index in [1.807, 2.05) is 51.1 Å². The third kappa shape index (κ3) is 10.7. The highest BCUT2D eigenvalue weighted by Crippen LogP contribution is 2.39. The van der Waals surface area contributed by atoms with Crippen LogP contribution in [0.4, 0.5) is 0 Å². The molecule has 4 rings (SSSR count). The van der Waals surface area contributed by atoms with Gasteiger partial charge in [0.1, 0.15) is 11.8 Å². The molecule has 1 aliphatic heterocycles. The van der Waals surface area contributed by atoms with Crippen LogP contribution in [0.1, 0.15) is 72.3 Å². The quantitative estimate of drug-likeness (QED) is 0.230. The van der Waals surface area contributed by atoms with E-state index in [1.54, 1.807) is 18.3 Å². The lowest BCUT2D eigenvalue weighted by Gasteiger charge is -2.47. The summed E-state index contributed by atoms with van der Waals surface area (Å²) >= 11 is 0. The minimum atomic E-state index is -3.88. The average molecular weight is 714 g/mol. The van der Waals surface area contributed by atoms with Gasteiger partial charge in [-0.15, -0.1) is 0 Å². The van der Waals surface area contributed by atoms with Crippen molar-refractivity contribution in [1.29, 1.82) is 0 Å². The topological polar surface area (TPSA) is 167 Å². The fourth-order valence-electron chi connectivity index (χ4n) is 6.96. The Morgan fingerprint density at radius 2 is 1.68 bits per heavy atom. The Balaban J connectivity index is 1.58. The van der Waals surface area contributed by atoms with Gasteiger partial charge in [-0.2, -0.15) is 0 Å². The first-order valence-electron chi connectivity index (χ1n) is 17.5. The molecule has 1 aromatic heterocycles. The van der Waals surface area contributed by atoms with E-state index in [2.05, 4.69) is 25.8 Å². The average Bonchev–Trinajstić information content (AvgIpc) is 3.05. The number of rotatable bonds is 14. The second-order valence-corrected chi connectivity index (χ2v) is 18.1. The Bertz CT molecular complexity index is 1550. The maximum atomic E-state index is 14.1. The molecule has 1 aliphatic carbocycles. The third-order valence-corrected chi connectivity index (χ3v) is 12.2. The molecule has 1 saturated heterocycles. The fraction of sp³-hybridized carbons (Fsp3) is 0.622. The largest absolute Gasteiger partial charge is 0.482 e. The molecule has 1 aromatic carbocycles. The predicted octanol–water partition coefficient (Wildman–Crippen LogP) is 2.65. The summed E-state index contributed by atoms with van der Waals surface area (Å²) in [5, 5.41) is 20.5. The van der Waals surface area contributed by atoms with E-state index in [0.717, 1.165) is 37.5 Å². The highest BCUT2D eigenvalue weighted by Gasteiger charge is 2.46. The molecule has 50 heavy (non-hydrogen) atoms. The number of hydrogen-bond donors (Lipinski definition) is 4.